The second-order valence-electron chi connectivity index (χ2n) is 6.23. The molecule has 4 aliphatic rings. The van der Waals surface area contributed by atoms with Crippen molar-refractivity contribution in [2.45, 2.75) is 38.8 Å². The Morgan fingerprint density at radius 3 is 1.38 bits per heavy atom. The summed E-state index contributed by atoms with van der Waals surface area (Å²) in [6, 6.07) is 0. The smallest absolute Gasteiger partial charge is 1.00 e. The number of halogens is 2. The fraction of sp³-hybridized carbons (Fsp3) is 0.500. The zero-order valence-electron chi connectivity index (χ0n) is 14.7. The SMILES string of the molecule is C1=CC2[CH-]CCC2C=C1.C1=CC2[CH-]CCC2C=C1.C[SiH]C.[F-].[F-].[Hf+4]. The van der Waals surface area contributed by atoms with E-state index in [4.69, 9.17) is 0 Å². The molecule has 0 aromatic heterocycles. The van der Waals surface area contributed by atoms with Gasteiger partial charge in [-0.15, -0.1) is 24.0 Å². The molecular weight excluding hydrogens is 485 g/mol. The van der Waals surface area contributed by atoms with E-state index in [1.165, 1.54) is 25.7 Å². The minimum absolute atomic E-state index is 0. The molecule has 4 atom stereocenters. The van der Waals surface area contributed by atoms with E-state index in [0.717, 1.165) is 33.2 Å². The van der Waals surface area contributed by atoms with Gasteiger partial charge < -0.3 is 22.3 Å². The summed E-state index contributed by atoms with van der Waals surface area (Å²) in [6.45, 7) is 4.42. The number of fused-ring (bicyclic) bond motifs is 2. The first kappa shape index (κ1) is 26.1. The normalized spacial score (nSPS) is 30.1. The zero-order valence-corrected chi connectivity index (χ0v) is 19.5. The number of hydrogen-bond acceptors (Lipinski definition) is 0. The van der Waals surface area contributed by atoms with Crippen molar-refractivity contribution in [1.82, 2.24) is 0 Å². The van der Waals surface area contributed by atoms with E-state index >= 15 is 0 Å². The van der Waals surface area contributed by atoms with Gasteiger partial charge in [-0.25, -0.2) is 0 Å². The molecule has 0 N–H and O–H groups in total. The summed E-state index contributed by atoms with van der Waals surface area (Å²) in [4.78, 5) is 0. The van der Waals surface area contributed by atoms with Crippen LogP contribution in [0.3, 0.4) is 0 Å². The van der Waals surface area contributed by atoms with Crippen LogP contribution in [0.15, 0.2) is 48.6 Å². The average molecular weight is 514 g/mol. The second-order valence-corrected chi connectivity index (χ2v) is 7.38. The van der Waals surface area contributed by atoms with Crippen molar-refractivity contribution in [3.8, 4) is 0 Å². The molecule has 0 nitrogen and oxygen atoms in total. The number of hydrogen-bond donors (Lipinski definition) is 0. The first-order valence-corrected chi connectivity index (χ1v) is 10.8. The van der Waals surface area contributed by atoms with Crippen LogP contribution in [-0.4, -0.2) is 9.52 Å². The van der Waals surface area contributed by atoms with Crippen LogP contribution < -0.4 is 9.41 Å². The number of rotatable bonds is 0. The minimum Gasteiger partial charge on any atom is -1.00 e. The molecule has 0 saturated heterocycles. The second kappa shape index (κ2) is 15.2. The Bertz CT molecular complexity index is 344. The molecule has 4 aliphatic carbocycles. The van der Waals surface area contributed by atoms with Crippen molar-refractivity contribution in [2.75, 3.05) is 0 Å². The third-order valence-corrected chi connectivity index (χ3v) is 4.47. The van der Waals surface area contributed by atoms with Crippen molar-refractivity contribution in [1.29, 1.82) is 0 Å². The summed E-state index contributed by atoms with van der Waals surface area (Å²) in [6.07, 6.45) is 28.1. The molecule has 0 bridgehead atoms. The molecule has 2 fully saturated rings. The topological polar surface area (TPSA) is 0 Å². The van der Waals surface area contributed by atoms with Gasteiger partial charge in [0.1, 0.15) is 0 Å². The maximum absolute atomic E-state index is 2.42. The van der Waals surface area contributed by atoms with Crippen LogP contribution in [0.2, 0.25) is 13.1 Å². The largest absolute Gasteiger partial charge is 4.00 e. The zero-order chi connectivity index (χ0) is 14.9. The molecule has 4 heteroatoms. The molecule has 1 radical (unpaired) electrons. The van der Waals surface area contributed by atoms with E-state index in [9.17, 15) is 0 Å². The Morgan fingerprint density at radius 1 is 0.708 bits per heavy atom. The molecule has 0 aliphatic heterocycles. The van der Waals surface area contributed by atoms with Gasteiger partial charge in [-0.05, 0) is 11.8 Å². The van der Waals surface area contributed by atoms with Gasteiger partial charge in [-0.3, -0.25) is 0 Å². The predicted octanol–water partition coefficient (Wildman–Crippen LogP) is -0.790. The Balaban J connectivity index is 0. The van der Waals surface area contributed by atoms with E-state index in [-0.39, 0.29) is 35.3 Å². The monoisotopic (exact) mass is 515 g/mol. The van der Waals surface area contributed by atoms with Crippen LogP contribution in [0.5, 0.6) is 0 Å². The van der Waals surface area contributed by atoms with Crippen LogP contribution >= 0.6 is 0 Å². The van der Waals surface area contributed by atoms with Crippen molar-refractivity contribution < 1.29 is 35.3 Å². The molecule has 0 aromatic rings. The molecule has 0 heterocycles. The van der Waals surface area contributed by atoms with Crippen LogP contribution in [0.25, 0.3) is 0 Å². The molecule has 4 rings (SSSR count). The molecule has 0 amide bonds. The van der Waals surface area contributed by atoms with Gasteiger partial charge in [-0.2, -0.15) is 12.8 Å². The summed E-state index contributed by atoms with van der Waals surface area (Å²) in [5.74, 6) is 3.23. The van der Waals surface area contributed by atoms with Gasteiger partial charge in [0.15, 0.2) is 0 Å². The third kappa shape index (κ3) is 8.33. The minimum atomic E-state index is 0. The molecule has 4 unspecified atom stereocenters. The summed E-state index contributed by atoms with van der Waals surface area (Å²) < 4.78 is 0. The van der Waals surface area contributed by atoms with Gasteiger partial charge in [-0.1, -0.05) is 62.4 Å². The maximum atomic E-state index is 2.42. The third-order valence-electron chi connectivity index (χ3n) is 4.47. The fourth-order valence-electron chi connectivity index (χ4n) is 3.39. The number of allylic oxidation sites excluding steroid dienone is 8. The maximum Gasteiger partial charge on any atom is 4.00 e. The Kier molecular flexibility index (Phi) is 16.5. The van der Waals surface area contributed by atoms with Gasteiger partial charge in [0.05, 0.1) is 0 Å². The molecule has 0 spiro atoms. The van der Waals surface area contributed by atoms with Crippen LogP contribution in [0, 0.1) is 36.5 Å². The Morgan fingerprint density at radius 2 is 1.04 bits per heavy atom. The van der Waals surface area contributed by atoms with Crippen molar-refractivity contribution >= 4 is 9.52 Å². The summed E-state index contributed by atoms with van der Waals surface area (Å²) in [5.41, 5.74) is 0. The standard InChI is InChI=1S/2C9H11.C2H7Si.2FH.Hf/c2*1-2-5-9-7-3-6-8(9)4-1;1-3-2;;;/h2*1-2,4-6,8-9H,3,7H2;3H,1-2H3;2*1H;/q2*-1;;;;+4/p-2. The van der Waals surface area contributed by atoms with Crippen LogP contribution in [0.4, 0.5) is 0 Å². The fourth-order valence-corrected chi connectivity index (χ4v) is 3.39. The molecular formula is C20H29F2HfSi. The molecule has 131 valence electrons. The van der Waals surface area contributed by atoms with Gasteiger partial charge in [0.2, 0.25) is 0 Å². The Hall–Kier alpha value is -0.0930. The van der Waals surface area contributed by atoms with Crippen molar-refractivity contribution in [2.24, 2.45) is 23.7 Å². The first-order chi connectivity index (χ1) is 10.3. The van der Waals surface area contributed by atoms with E-state index in [2.05, 4.69) is 74.5 Å². The quantitative estimate of drug-likeness (QED) is 0.294. The van der Waals surface area contributed by atoms with Crippen molar-refractivity contribution in [3.63, 3.8) is 0 Å². The van der Waals surface area contributed by atoms with E-state index in [0.29, 0.717) is 0 Å². The summed E-state index contributed by atoms with van der Waals surface area (Å²) in [7, 11) is 0.750. The molecule has 0 aromatic carbocycles. The van der Waals surface area contributed by atoms with E-state index in [1.54, 1.807) is 0 Å². The predicted molar refractivity (Wildman–Crippen MR) is 96.5 cm³/mol. The average Bonchev–Trinajstić information content (AvgIpc) is 3.17. The molecule has 2 saturated carbocycles. The van der Waals surface area contributed by atoms with Gasteiger partial charge in [0.25, 0.3) is 0 Å². The van der Waals surface area contributed by atoms with Crippen LogP contribution in [0.1, 0.15) is 25.7 Å². The summed E-state index contributed by atoms with van der Waals surface area (Å²) >= 11 is 0. The Labute approximate surface area is 168 Å². The van der Waals surface area contributed by atoms with Crippen molar-refractivity contribution in [3.05, 3.63) is 61.4 Å². The van der Waals surface area contributed by atoms with Gasteiger partial charge >= 0.3 is 25.8 Å². The van der Waals surface area contributed by atoms with Gasteiger partial charge in [0, 0.05) is 9.52 Å². The molecule has 24 heavy (non-hydrogen) atoms. The van der Waals surface area contributed by atoms with Crippen LogP contribution in [-0.2, 0) is 25.8 Å². The summed E-state index contributed by atoms with van der Waals surface area (Å²) in [5, 5.41) is 0. The van der Waals surface area contributed by atoms with E-state index in [1.807, 2.05) is 0 Å². The first-order valence-electron chi connectivity index (χ1n) is 8.45. The van der Waals surface area contributed by atoms with E-state index < -0.39 is 0 Å².